The van der Waals surface area contributed by atoms with Crippen LogP contribution in [0, 0.1) is 47.3 Å². The number of benzene rings is 1. The Hall–Kier alpha value is -2.69. The molecule has 8 rings (SSSR count). The number of nitrogens with zero attached hydrogens (tertiary/aromatic N) is 1. The minimum Gasteiger partial charge on any atom is -0.465 e. The molecule has 6 bridgehead atoms. The van der Waals surface area contributed by atoms with Crippen LogP contribution in [-0.4, -0.2) is 24.9 Å². The van der Waals surface area contributed by atoms with Crippen LogP contribution in [0.15, 0.2) is 47.6 Å². The van der Waals surface area contributed by atoms with Crippen LogP contribution in [-0.2, 0) is 14.3 Å². The van der Waals surface area contributed by atoms with Crippen LogP contribution >= 0.6 is 0 Å². The lowest BCUT2D eigenvalue weighted by molar-refractivity contribution is -0.123. The Morgan fingerprint density at radius 1 is 0.812 bits per heavy atom. The fraction of sp³-hybridized carbons (Fsp3) is 0.519. The first-order chi connectivity index (χ1) is 15.5. The molecule has 1 aliphatic heterocycles. The van der Waals surface area contributed by atoms with Gasteiger partial charge in [0.15, 0.2) is 0 Å². The molecule has 0 radical (unpaired) electrons. The van der Waals surface area contributed by atoms with Gasteiger partial charge in [0.05, 0.1) is 30.2 Å². The van der Waals surface area contributed by atoms with Gasteiger partial charge in [-0.05, 0) is 80.0 Å². The van der Waals surface area contributed by atoms with Crippen LogP contribution < -0.4 is 4.90 Å². The SMILES string of the molecule is COC(=O)c1ccc(N2C(=O)[C@@H]3[C@H](C2=O)[C@@H]2C=C[C@@H]3C2=C2C3CC4CC(C3)CC2C4)cc1. The van der Waals surface area contributed by atoms with Gasteiger partial charge in [-0.15, -0.1) is 0 Å². The van der Waals surface area contributed by atoms with Crippen LogP contribution in [0.4, 0.5) is 5.69 Å². The summed E-state index contributed by atoms with van der Waals surface area (Å²) in [6.45, 7) is 0. The van der Waals surface area contributed by atoms with E-state index in [0.717, 1.165) is 11.8 Å². The first-order valence-corrected chi connectivity index (χ1v) is 12.0. The van der Waals surface area contributed by atoms with E-state index in [2.05, 4.69) is 12.2 Å². The molecule has 6 aliphatic carbocycles. The zero-order chi connectivity index (χ0) is 21.7. The average molecular weight is 430 g/mol. The first kappa shape index (κ1) is 18.8. The lowest BCUT2D eigenvalue weighted by Crippen LogP contribution is -2.41. The van der Waals surface area contributed by atoms with Crippen molar-refractivity contribution in [2.45, 2.75) is 32.1 Å². The molecule has 7 aliphatic rings. The third kappa shape index (κ3) is 2.32. The van der Waals surface area contributed by atoms with E-state index in [1.165, 1.54) is 49.7 Å². The molecule has 0 spiro atoms. The summed E-state index contributed by atoms with van der Waals surface area (Å²) in [5.74, 6) is 2.25. The molecule has 0 aromatic heterocycles. The molecule has 1 aromatic rings. The van der Waals surface area contributed by atoms with Gasteiger partial charge in [-0.3, -0.25) is 9.59 Å². The van der Waals surface area contributed by atoms with Crippen molar-refractivity contribution in [1.29, 1.82) is 0 Å². The predicted octanol–water partition coefficient (Wildman–Crippen LogP) is 4.15. The second kappa shape index (κ2) is 6.43. The summed E-state index contributed by atoms with van der Waals surface area (Å²) < 4.78 is 4.75. The summed E-state index contributed by atoms with van der Waals surface area (Å²) in [5.41, 5.74) is 4.06. The maximum absolute atomic E-state index is 13.6. The Morgan fingerprint density at radius 3 is 1.84 bits per heavy atom. The van der Waals surface area contributed by atoms with E-state index in [0.29, 0.717) is 23.1 Å². The lowest BCUT2D eigenvalue weighted by Gasteiger charge is -2.52. The number of rotatable bonds is 2. The number of fused-ring (bicyclic) bond motifs is 5. The molecule has 5 heteroatoms. The summed E-state index contributed by atoms with van der Waals surface area (Å²) in [6.07, 6.45) is 11.1. The molecule has 32 heavy (non-hydrogen) atoms. The maximum atomic E-state index is 13.6. The number of carbonyl (C=O) groups excluding carboxylic acids is 3. The summed E-state index contributed by atoms with van der Waals surface area (Å²) >= 11 is 0. The average Bonchev–Trinajstić information content (AvgIpc) is 3.42. The third-order valence-electron chi connectivity index (χ3n) is 9.31. The standard InChI is InChI=1S/C27H27NO4/c1-32-27(31)15-2-4-18(5-3-15)28-25(29)23-19-6-7-20(24(23)26(28)30)22(19)21-16-9-13-8-14(11-16)12-17(21)10-13/h2-7,13-14,16-17,19-20,23-24H,8-12H2,1H3/t13?,14?,16?,17?,19-,20-,23-,24+/m1/s1. The highest BCUT2D eigenvalue weighted by Crippen LogP contribution is 2.63. The number of amides is 2. The Balaban J connectivity index is 1.23. The molecule has 5 nitrogen and oxygen atoms in total. The normalized spacial score (nSPS) is 40.6. The Kier molecular flexibility index (Phi) is 3.79. The van der Waals surface area contributed by atoms with Crippen molar-refractivity contribution in [3.8, 4) is 0 Å². The Bertz CT molecular complexity index is 1050. The molecule has 6 fully saturated rings. The molecule has 1 heterocycles. The van der Waals surface area contributed by atoms with Crippen LogP contribution in [0.1, 0.15) is 42.5 Å². The minimum absolute atomic E-state index is 0.0791. The number of anilines is 1. The van der Waals surface area contributed by atoms with Crippen molar-refractivity contribution in [2.75, 3.05) is 12.0 Å². The van der Waals surface area contributed by atoms with E-state index in [9.17, 15) is 14.4 Å². The zero-order valence-corrected chi connectivity index (χ0v) is 18.2. The van der Waals surface area contributed by atoms with Gasteiger partial charge in [0.25, 0.3) is 0 Å². The maximum Gasteiger partial charge on any atom is 0.337 e. The quantitative estimate of drug-likeness (QED) is 0.403. The second-order valence-electron chi connectivity index (χ2n) is 10.8. The monoisotopic (exact) mass is 429 g/mol. The van der Waals surface area contributed by atoms with Crippen molar-refractivity contribution >= 4 is 23.5 Å². The number of allylic oxidation sites excluding steroid dienone is 4. The van der Waals surface area contributed by atoms with Crippen molar-refractivity contribution < 1.29 is 19.1 Å². The number of esters is 1. The second-order valence-corrected chi connectivity index (χ2v) is 10.8. The van der Waals surface area contributed by atoms with Gasteiger partial charge in [-0.25, -0.2) is 9.69 Å². The number of ether oxygens (including phenoxy) is 1. The van der Waals surface area contributed by atoms with Crippen molar-refractivity contribution in [2.24, 2.45) is 47.3 Å². The predicted molar refractivity (Wildman–Crippen MR) is 117 cm³/mol. The van der Waals surface area contributed by atoms with Gasteiger partial charge in [0.2, 0.25) is 11.8 Å². The van der Waals surface area contributed by atoms with Crippen molar-refractivity contribution in [3.05, 3.63) is 53.1 Å². The van der Waals surface area contributed by atoms with E-state index in [4.69, 9.17) is 4.74 Å². The number of hydrogen-bond acceptors (Lipinski definition) is 4. The third-order valence-corrected chi connectivity index (χ3v) is 9.31. The van der Waals surface area contributed by atoms with Gasteiger partial charge in [-0.1, -0.05) is 23.3 Å². The van der Waals surface area contributed by atoms with Crippen LogP contribution in [0.5, 0.6) is 0 Å². The van der Waals surface area contributed by atoms with Crippen LogP contribution in [0.3, 0.4) is 0 Å². The lowest BCUT2D eigenvalue weighted by atomic mass is 9.53. The van der Waals surface area contributed by atoms with Gasteiger partial charge >= 0.3 is 5.97 Å². The van der Waals surface area contributed by atoms with Gasteiger partial charge < -0.3 is 4.74 Å². The highest BCUT2D eigenvalue weighted by Gasteiger charge is 2.63. The molecular formula is C27H27NO4. The minimum atomic E-state index is -0.429. The van der Waals surface area contributed by atoms with E-state index in [-0.39, 0.29) is 35.5 Å². The Labute approximate surface area is 187 Å². The number of imide groups is 1. The summed E-state index contributed by atoms with van der Waals surface area (Å²) in [7, 11) is 1.34. The summed E-state index contributed by atoms with van der Waals surface area (Å²) in [5, 5.41) is 0. The van der Waals surface area contributed by atoms with E-state index in [1.807, 2.05) is 0 Å². The topological polar surface area (TPSA) is 63.7 Å². The first-order valence-electron chi connectivity index (χ1n) is 12.0. The fourth-order valence-electron chi connectivity index (χ4n) is 8.43. The molecule has 0 N–H and O–H groups in total. The number of hydrogen-bond donors (Lipinski definition) is 0. The molecule has 164 valence electrons. The smallest absolute Gasteiger partial charge is 0.337 e. The number of methoxy groups -OCH3 is 1. The summed E-state index contributed by atoms with van der Waals surface area (Å²) in [6, 6.07) is 6.58. The molecule has 5 saturated carbocycles. The van der Waals surface area contributed by atoms with Gasteiger partial charge in [-0.2, -0.15) is 0 Å². The van der Waals surface area contributed by atoms with E-state index >= 15 is 0 Å². The molecule has 4 atom stereocenters. The van der Waals surface area contributed by atoms with E-state index < -0.39 is 5.97 Å². The summed E-state index contributed by atoms with van der Waals surface area (Å²) in [4.78, 5) is 40.2. The fourth-order valence-corrected chi connectivity index (χ4v) is 8.43. The zero-order valence-electron chi connectivity index (χ0n) is 18.2. The molecule has 1 saturated heterocycles. The molecule has 0 unspecified atom stereocenters. The largest absolute Gasteiger partial charge is 0.465 e. The van der Waals surface area contributed by atoms with Gasteiger partial charge in [0.1, 0.15) is 0 Å². The molecular weight excluding hydrogens is 402 g/mol. The van der Waals surface area contributed by atoms with Crippen LogP contribution in [0.25, 0.3) is 0 Å². The molecule has 1 aromatic carbocycles. The number of carbonyl (C=O) groups is 3. The van der Waals surface area contributed by atoms with Crippen molar-refractivity contribution in [1.82, 2.24) is 0 Å². The van der Waals surface area contributed by atoms with Crippen molar-refractivity contribution in [3.63, 3.8) is 0 Å². The van der Waals surface area contributed by atoms with Crippen LogP contribution in [0.2, 0.25) is 0 Å². The highest BCUT2D eigenvalue weighted by molar-refractivity contribution is 6.23. The molecule has 2 amide bonds. The van der Waals surface area contributed by atoms with Gasteiger partial charge in [0, 0.05) is 11.8 Å². The Morgan fingerprint density at radius 2 is 1.34 bits per heavy atom. The van der Waals surface area contributed by atoms with E-state index in [1.54, 1.807) is 29.8 Å². The highest BCUT2D eigenvalue weighted by atomic mass is 16.5.